The highest BCUT2D eigenvalue weighted by Gasteiger charge is 2.05. The Morgan fingerprint density at radius 2 is 1.94 bits per heavy atom. The van der Waals surface area contributed by atoms with Gasteiger partial charge in [-0.05, 0) is 47.7 Å². The standard InChI is InChI=1S/C11H12IN3S/c12-9-5-3-8(4-6-9)11-15-14-10(16-11)2-1-7-13/h3-6H,1-2,7,13H2. The quantitative estimate of drug-likeness (QED) is 0.867. The molecule has 0 atom stereocenters. The SMILES string of the molecule is NCCCc1nnc(-c2ccc(I)cc2)s1. The van der Waals surface area contributed by atoms with Crippen molar-refractivity contribution in [3.8, 4) is 10.6 Å². The van der Waals surface area contributed by atoms with Gasteiger partial charge in [-0.1, -0.05) is 23.5 Å². The molecule has 0 radical (unpaired) electrons. The molecule has 16 heavy (non-hydrogen) atoms. The molecule has 0 spiro atoms. The molecule has 5 heteroatoms. The average Bonchev–Trinajstić information content (AvgIpc) is 2.76. The van der Waals surface area contributed by atoms with Crippen LogP contribution in [0.5, 0.6) is 0 Å². The van der Waals surface area contributed by atoms with Crippen molar-refractivity contribution in [3.63, 3.8) is 0 Å². The van der Waals surface area contributed by atoms with Gasteiger partial charge >= 0.3 is 0 Å². The monoisotopic (exact) mass is 345 g/mol. The summed E-state index contributed by atoms with van der Waals surface area (Å²) in [5, 5.41) is 10.4. The molecule has 0 amide bonds. The fourth-order valence-electron chi connectivity index (χ4n) is 1.32. The van der Waals surface area contributed by atoms with Crippen molar-refractivity contribution < 1.29 is 0 Å². The van der Waals surface area contributed by atoms with Crippen LogP contribution in [-0.4, -0.2) is 16.7 Å². The van der Waals surface area contributed by atoms with E-state index in [1.165, 1.54) is 3.57 Å². The average molecular weight is 345 g/mol. The first kappa shape index (κ1) is 11.9. The molecule has 2 aromatic rings. The number of rotatable bonds is 4. The second-order valence-corrected chi connectivity index (χ2v) is 5.71. The van der Waals surface area contributed by atoms with E-state index in [-0.39, 0.29) is 0 Å². The Kier molecular flexibility index (Phi) is 4.25. The number of hydrogen-bond acceptors (Lipinski definition) is 4. The lowest BCUT2D eigenvalue weighted by molar-refractivity contribution is 0.812. The summed E-state index contributed by atoms with van der Waals surface area (Å²) < 4.78 is 1.23. The molecular weight excluding hydrogens is 333 g/mol. The highest BCUT2D eigenvalue weighted by molar-refractivity contribution is 14.1. The molecule has 0 aliphatic rings. The Balaban J connectivity index is 2.15. The fraction of sp³-hybridized carbons (Fsp3) is 0.273. The van der Waals surface area contributed by atoms with Crippen LogP contribution in [0.25, 0.3) is 10.6 Å². The predicted molar refractivity (Wildman–Crippen MR) is 75.4 cm³/mol. The maximum Gasteiger partial charge on any atom is 0.147 e. The normalized spacial score (nSPS) is 10.6. The summed E-state index contributed by atoms with van der Waals surface area (Å²) >= 11 is 3.94. The number of benzene rings is 1. The van der Waals surface area contributed by atoms with E-state index in [4.69, 9.17) is 5.73 Å². The van der Waals surface area contributed by atoms with Gasteiger partial charge in [0.1, 0.15) is 10.0 Å². The van der Waals surface area contributed by atoms with Gasteiger partial charge in [0.15, 0.2) is 0 Å². The maximum absolute atomic E-state index is 5.47. The van der Waals surface area contributed by atoms with Crippen LogP contribution < -0.4 is 5.73 Å². The molecule has 2 rings (SSSR count). The van der Waals surface area contributed by atoms with Gasteiger partial charge in [-0.3, -0.25) is 0 Å². The molecule has 0 saturated carbocycles. The van der Waals surface area contributed by atoms with E-state index < -0.39 is 0 Å². The summed E-state index contributed by atoms with van der Waals surface area (Å²) in [7, 11) is 0. The Labute approximate surface area is 112 Å². The minimum absolute atomic E-state index is 0.707. The number of nitrogens with zero attached hydrogens (tertiary/aromatic N) is 2. The van der Waals surface area contributed by atoms with Crippen LogP contribution in [0.4, 0.5) is 0 Å². The molecule has 0 fully saturated rings. The fourth-order valence-corrected chi connectivity index (χ4v) is 2.56. The van der Waals surface area contributed by atoms with Crippen molar-refractivity contribution >= 4 is 33.9 Å². The Morgan fingerprint density at radius 3 is 2.62 bits per heavy atom. The molecular formula is C11H12IN3S. The highest BCUT2D eigenvalue weighted by atomic mass is 127. The highest BCUT2D eigenvalue weighted by Crippen LogP contribution is 2.24. The van der Waals surface area contributed by atoms with Crippen molar-refractivity contribution in [3.05, 3.63) is 32.8 Å². The van der Waals surface area contributed by atoms with Crippen LogP contribution in [0, 0.1) is 3.57 Å². The van der Waals surface area contributed by atoms with Gasteiger partial charge in [-0.25, -0.2) is 0 Å². The molecule has 0 aliphatic heterocycles. The number of aromatic nitrogens is 2. The van der Waals surface area contributed by atoms with E-state index in [1.54, 1.807) is 11.3 Å². The zero-order chi connectivity index (χ0) is 11.4. The summed E-state index contributed by atoms with van der Waals surface area (Å²) in [5.74, 6) is 0. The number of aryl methyl sites for hydroxylation is 1. The predicted octanol–water partition coefficient (Wildman–Crippen LogP) is 2.70. The van der Waals surface area contributed by atoms with Crippen molar-refractivity contribution in [1.29, 1.82) is 0 Å². The van der Waals surface area contributed by atoms with E-state index >= 15 is 0 Å². The van der Waals surface area contributed by atoms with Crippen LogP contribution in [-0.2, 0) is 6.42 Å². The molecule has 1 heterocycles. The van der Waals surface area contributed by atoms with Gasteiger partial charge in [-0.2, -0.15) is 0 Å². The van der Waals surface area contributed by atoms with E-state index in [9.17, 15) is 0 Å². The van der Waals surface area contributed by atoms with Gasteiger partial charge in [0, 0.05) is 15.6 Å². The molecule has 0 bridgehead atoms. The summed E-state index contributed by atoms with van der Waals surface area (Å²) in [6.45, 7) is 0.707. The maximum atomic E-state index is 5.47. The third-order valence-corrected chi connectivity index (χ3v) is 3.90. The first-order valence-electron chi connectivity index (χ1n) is 5.08. The van der Waals surface area contributed by atoms with Crippen LogP contribution in [0.1, 0.15) is 11.4 Å². The topological polar surface area (TPSA) is 51.8 Å². The van der Waals surface area contributed by atoms with Crippen LogP contribution in [0.15, 0.2) is 24.3 Å². The second-order valence-electron chi connectivity index (χ2n) is 3.40. The lowest BCUT2D eigenvalue weighted by Gasteiger charge is -1.94. The minimum Gasteiger partial charge on any atom is -0.330 e. The molecule has 0 aliphatic carbocycles. The minimum atomic E-state index is 0.707. The Bertz CT molecular complexity index is 453. The molecule has 2 N–H and O–H groups in total. The van der Waals surface area contributed by atoms with E-state index in [0.717, 1.165) is 28.4 Å². The Hall–Kier alpha value is -0.530. The largest absolute Gasteiger partial charge is 0.330 e. The zero-order valence-electron chi connectivity index (χ0n) is 8.69. The number of hydrogen-bond donors (Lipinski definition) is 1. The van der Waals surface area contributed by atoms with Crippen molar-refractivity contribution in [2.24, 2.45) is 5.73 Å². The first-order valence-corrected chi connectivity index (χ1v) is 6.97. The molecule has 0 saturated heterocycles. The van der Waals surface area contributed by atoms with Gasteiger partial charge in [0.2, 0.25) is 0 Å². The van der Waals surface area contributed by atoms with E-state index in [2.05, 4.69) is 57.1 Å². The molecule has 0 unspecified atom stereocenters. The lowest BCUT2D eigenvalue weighted by Crippen LogP contribution is -1.99. The van der Waals surface area contributed by atoms with Crippen LogP contribution in [0.2, 0.25) is 0 Å². The third-order valence-electron chi connectivity index (χ3n) is 2.15. The molecule has 1 aromatic heterocycles. The van der Waals surface area contributed by atoms with Crippen molar-refractivity contribution in [2.45, 2.75) is 12.8 Å². The van der Waals surface area contributed by atoms with Gasteiger partial charge < -0.3 is 5.73 Å². The summed E-state index contributed by atoms with van der Waals surface area (Å²) in [5.41, 5.74) is 6.60. The van der Waals surface area contributed by atoms with Gasteiger partial charge in [0.05, 0.1) is 0 Å². The lowest BCUT2D eigenvalue weighted by atomic mass is 10.2. The van der Waals surface area contributed by atoms with Gasteiger partial charge in [0.25, 0.3) is 0 Å². The van der Waals surface area contributed by atoms with Gasteiger partial charge in [-0.15, -0.1) is 10.2 Å². The molecule has 3 nitrogen and oxygen atoms in total. The second kappa shape index (κ2) is 5.70. The molecule has 84 valence electrons. The van der Waals surface area contributed by atoms with Crippen molar-refractivity contribution in [1.82, 2.24) is 10.2 Å². The third kappa shape index (κ3) is 2.99. The van der Waals surface area contributed by atoms with E-state index in [0.29, 0.717) is 6.54 Å². The first-order chi connectivity index (χ1) is 7.79. The van der Waals surface area contributed by atoms with Crippen LogP contribution >= 0.6 is 33.9 Å². The molecule has 1 aromatic carbocycles. The Morgan fingerprint density at radius 1 is 1.19 bits per heavy atom. The van der Waals surface area contributed by atoms with Crippen LogP contribution in [0.3, 0.4) is 0 Å². The zero-order valence-corrected chi connectivity index (χ0v) is 11.7. The number of nitrogens with two attached hydrogens (primary N) is 1. The van der Waals surface area contributed by atoms with E-state index in [1.807, 2.05) is 0 Å². The summed E-state index contributed by atoms with van der Waals surface area (Å²) in [6, 6.07) is 8.32. The summed E-state index contributed by atoms with van der Waals surface area (Å²) in [6.07, 6.45) is 1.90. The number of halogens is 1. The van der Waals surface area contributed by atoms with Crippen molar-refractivity contribution in [2.75, 3.05) is 6.54 Å². The summed E-state index contributed by atoms with van der Waals surface area (Å²) in [4.78, 5) is 0. The smallest absolute Gasteiger partial charge is 0.147 e.